The van der Waals surface area contributed by atoms with Gasteiger partial charge in [-0.05, 0) is 0 Å². The van der Waals surface area contributed by atoms with Gasteiger partial charge in [-0.1, -0.05) is 0 Å². The number of carbonyl (C=O) groups is 2. The number of H-pyrrole nitrogens is 2. The number of fused-ring (bicyclic) bond motifs is 1. The minimum absolute atomic E-state index is 0.0196. The maximum absolute atomic E-state index is 11.4. The molecule has 1 amide bonds. The monoisotopic (exact) mass is 322 g/mol. The van der Waals surface area contributed by atoms with E-state index in [4.69, 9.17) is 0 Å². The van der Waals surface area contributed by atoms with Crippen LogP contribution in [0.2, 0.25) is 0 Å². The zero-order chi connectivity index (χ0) is 17.1. The molecule has 0 spiro atoms. The molecule has 11 heteroatoms. The highest BCUT2D eigenvalue weighted by atomic mass is 16.6. The number of nitrogens with zero attached hydrogens (tertiary/aromatic N) is 1. The third kappa shape index (κ3) is 3.23. The standard InChI is InChI=1S/C12H10N4O7/c1-23-12(20)11(19)13-4-5-2-6(16(21)22)3-7-8(5)15-10(18)9(17)14-7/h2-3H,4H2,1H3,(H,13,19)(H,14,17)(H,15,18). The molecule has 120 valence electrons. The number of non-ortho nitro benzene ring substituents is 1. The van der Waals surface area contributed by atoms with E-state index < -0.39 is 27.9 Å². The largest absolute Gasteiger partial charge is 0.462 e. The highest BCUT2D eigenvalue weighted by Gasteiger charge is 2.17. The van der Waals surface area contributed by atoms with Crippen LogP contribution in [-0.2, 0) is 20.9 Å². The zero-order valence-corrected chi connectivity index (χ0v) is 11.7. The number of esters is 1. The van der Waals surface area contributed by atoms with E-state index in [9.17, 15) is 29.3 Å². The number of carbonyl (C=O) groups excluding carboxylic acids is 2. The second kappa shape index (κ2) is 6.09. The Balaban J connectivity index is 2.52. The molecular formula is C12H10N4O7. The number of amides is 1. The van der Waals surface area contributed by atoms with Gasteiger partial charge in [-0.15, -0.1) is 0 Å². The molecule has 1 aromatic heterocycles. The summed E-state index contributed by atoms with van der Waals surface area (Å²) in [5, 5.41) is 13.1. The number of aromatic amines is 2. The molecule has 1 aromatic carbocycles. The fourth-order valence-corrected chi connectivity index (χ4v) is 1.87. The lowest BCUT2D eigenvalue weighted by atomic mass is 10.1. The van der Waals surface area contributed by atoms with E-state index in [1.54, 1.807) is 0 Å². The van der Waals surface area contributed by atoms with Gasteiger partial charge in [0.2, 0.25) is 0 Å². The van der Waals surface area contributed by atoms with Gasteiger partial charge in [-0.3, -0.25) is 24.5 Å². The number of nitro benzene ring substituents is 1. The normalized spacial score (nSPS) is 10.3. The molecule has 0 unspecified atom stereocenters. The molecule has 0 aliphatic heterocycles. The molecule has 0 bridgehead atoms. The van der Waals surface area contributed by atoms with Crippen molar-refractivity contribution < 1.29 is 19.2 Å². The lowest BCUT2D eigenvalue weighted by Crippen LogP contribution is -2.32. The molecule has 2 rings (SSSR count). The van der Waals surface area contributed by atoms with Crippen LogP contribution in [0.25, 0.3) is 11.0 Å². The number of hydrogen-bond donors (Lipinski definition) is 3. The molecular weight excluding hydrogens is 312 g/mol. The molecule has 0 radical (unpaired) electrons. The van der Waals surface area contributed by atoms with Crippen LogP contribution in [-0.4, -0.2) is 33.9 Å². The van der Waals surface area contributed by atoms with Crippen LogP contribution in [0.5, 0.6) is 0 Å². The Morgan fingerprint density at radius 3 is 2.52 bits per heavy atom. The first-order chi connectivity index (χ1) is 10.8. The summed E-state index contributed by atoms with van der Waals surface area (Å²) < 4.78 is 4.22. The maximum Gasteiger partial charge on any atom is 0.396 e. The summed E-state index contributed by atoms with van der Waals surface area (Å²) in [7, 11) is 1.02. The van der Waals surface area contributed by atoms with Gasteiger partial charge in [0.05, 0.1) is 23.1 Å². The Kier molecular flexibility index (Phi) is 4.21. The first-order valence-corrected chi connectivity index (χ1v) is 6.13. The van der Waals surface area contributed by atoms with Crippen LogP contribution < -0.4 is 16.4 Å². The average Bonchev–Trinajstić information content (AvgIpc) is 2.52. The van der Waals surface area contributed by atoms with E-state index >= 15 is 0 Å². The maximum atomic E-state index is 11.4. The SMILES string of the molecule is COC(=O)C(=O)NCc1cc([N+](=O)[O-])cc2[nH]c(=O)c(=O)[nH]c12. The molecule has 1 heterocycles. The predicted molar refractivity (Wildman–Crippen MR) is 75.7 cm³/mol. The highest BCUT2D eigenvalue weighted by Crippen LogP contribution is 2.21. The topological polar surface area (TPSA) is 164 Å². The third-order valence-corrected chi connectivity index (χ3v) is 2.92. The Hall–Kier alpha value is -3.50. The number of rotatable bonds is 3. The van der Waals surface area contributed by atoms with Crippen molar-refractivity contribution in [2.24, 2.45) is 0 Å². The predicted octanol–water partition coefficient (Wildman–Crippen LogP) is -1.09. The lowest BCUT2D eigenvalue weighted by Gasteiger charge is -2.07. The molecule has 0 atom stereocenters. The lowest BCUT2D eigenvalue weighted by molar-refractivity contribution is -0.384. The van der Waals surface area contributed by atoms with Crippen LogP contribution >= 0.6 is 0 Å². The fraction of sp³-hybridized carbons (Fsp3) is 0.167. The van der Waals surface area contributed by atoms with Gasteiger partial charge in [0.25, 0.3) is 5.69 Å². The molecule has 11 nitrogen and oxygen atoms in total. The van der Waals surface area contributed by atoms with Crippen LogP contribution in [0.3, 0.4) is 0 Å². The molecule has 0 saturated carbocycles. The van der Waals surface area contributed by atoms with Crippen molar-refractivity contribution in [1.82, 2.24) is 15.3 Å². The highest BCUT2D eigenvalue weighted by molar-refractivity contribution is 6.32. The Morgan fingerprint density at radius 2 is 1.91 bits per heavy atom. The first kappa shape index (κ1) is 15.9. The molecule has 0 saturated heterocycles. The number of hydrogen-bond acceptors (Lipinski definition) is 7. The summed E-state index contributed by atoms with van der Waals surface area (Å²) >= 11 is 0. The Bertz CT molecular complexity index is 927. The van der Waals surface area contributed by atoms with Crippen molar-refractivity contribution >= 4 is 28.6 Å². The molecule has 23 heavy (non-hydrogen) atoms. The van der Waals surface area contributed by atoms with E-state index in [2.05, 4.69) is 20.0 Å². The van der Waals surface area contributed by atoms with Crippen molar-refractivity contribution in [3.8, 4) is 0 Å². The quantitative estimate of drug-likeness (QED) is 0.279. The second-order valence-corrected chi connectivity index (χ2v) is 4.37. The van der Waals surface area contributed by atoms with Crippen molar-refractivity contribution in [1.29, 1.82) is 0 Å². The van der Waals surface area contributed by atoms with Crippen molar-refractivity contribution in [3.05, 3.63) is 48.5 Å². The summed E-state index contributed by atoms with van der Waals surface area (Å²) in [6, 6.07) is 2.17. The Labute approximate surface area is 126 Å². The zero-order valence-electron chi connectivity index (χ0n) is 11.7. The van der Waals surface area contributed by atoms with Gasteiger partial charge in [0.1, 0.15) is 0 Å². The van der Waals surface area contributed by atoms with Crippen LogP contribution in [0.1, 0.15) is 5.56 Å². The van der Waals surface area contributed by atoms with Crippen molar-refractivity contribution in [2.75, 3.05) is 7.11 Å². The van der Waals surface area contributed by atoms with Gasteiger partial charge in [-0.25, -0.2) is 4.79 Å². The van der Waals surface area contributed by atoms with Crippen LogP contribution in [0, 0.1) is 10.1 Å². The minimum Gasteiger partial charge on any atom is -0.462 e. The molecule has 3 N–H and O–H groups in total. The number of methoxy groups -OCH3 is 1. The summed E-state index contributed by atoms with van der Waals surface area (Å²) in [4.78, 5) is 59.8. The number of aromatic nitrogens is 2. The fourth-order valence-electron chi connectivity index (χ4n) is 1.87. The summed E-state index contributed by atoms with van der Waals surface area (Å²) in [6.07, 6.45) is 0. The van der Waals surface area contributed by atoms with E-state index in [1.807, 2.05) is 0 Å². The van der Waals surface area contributed by atoms with E-state index in [0.717, 1.165) is 19.2 Å². The van der Waals surface area contributed by atoms with Gasteiger partial charge in [0, 0.05) is 24.2 Å². The first-order valence-electron chi connectivity index (χ1n) is 6.13. The van der Waals surface area contributed by atoms with Gasteiger partial charge in [0.15, 0.2) is 0 Å². The van der Waals surface area contributed by atoms with Gasteiger partial charge >= 0.3 is 23.0 Å². The average molecular weight is 322 g/mol. The number of nitrogens with one attached hydrogen (secondary N) is 3. The smallest absolute Gasteiger partial charge is 0.396 e. The van der Waals surface area contributed by atoms with E-state index in [0.29, 0.717) is 0 Å². The summed E-state index contributed by atoms with van der Waals surface area (Å²) in [5.74, 6) is -2.19. The summed E-state index contributed by atoms with van der Waals surface area (Å²) in [6.45, 7) is -0.298. The molecule has 0 aliphatic rings. The molecule has 2 aromatic rings. The van der Waals surface area contributed by atoms with Crippen molar-refractivity contribution in [3.63, 3.8) is 0 Å². The van der Waals surface area contributed by atoms with Crippen LogP contribution in [0.4, 0.5) is 5.69 Å². The molecule has 0 aliphatic carbocycles. The minimum atomic E-state index is -1.14. The van der Waals surface area contributed by atoms with Gasteiger partial charge in [-0.2, -0.15) is 0 Å². The Morgan fingerprint density at radius 1 is 1.26 bits per heavy atom. The van der Waals surface area contributed by atoms with E-state index in [-0.39, 0.29) is 28.8 Å². The molecule has 0 fully saturated rings. The number of benzene rings is 1. The summed E-state index contributed by atoms with van der Waals surface area (Å²) in [5.41, 5.74) is -2.02. The number of nitro groups is 1. The number of ether oxygens (including phenoxy) is 1. The van der Waals surface area contributed by atoms with Gasteiger partial charge < -0.3 is 20.0 Å². The second-order valence-electron chi connectivity index (χ2n) is 4.37. The van der Waals surface area contributed by atoms with Crippen LogP contribution in [0.15, 0.2) is 21.7 Å². The van der Waals surface area contributed by atoms with E-state index in [1.165, 1.54) is 0 Å². The van der Waals surface area contributed by atoms with Crippen molar-refractivity contribution in [2.45, 2.75) is 6.54 Å². The third-order valence-electron chi connectivity index (χ3n) is 2.92.